The Labute approximate surface area is 132 Å². The maximum absolute atomic E-state index is 12.0. The summed E-state index contributed by atoms with van der Waals surface area (Å²) in [6, 6.07) is 10.2. The fourth-order valence-electron chi connectivity index (χ4n) is 1.95. The summed E-state index contributed by atoms with van der Waals surface area (Å²) in [5, 5.41) is 21.0. The lowest BCUT2D eigenvalue weighted by Crippen LogP contribution is -2.25. The number of phenolic OH excluding ortho intramolecular Hbond substituents is 1. The van der Waals surface area contributed by atoms with E-state index in [-0.39, 0.29) is 24.5 Å². The number of benzene rings is 2. The predicted molar refractivity (Wildman–Crippen MR) is 83.1 cm³/mol. The minimum Gasteiger partial charge on any atom is -0.506 e. The first-order valence-corrected chi connectivity index (χ1v) is 6.88. The third kappa shape index (κ3) is 4.08. The Bertz CT molecular complexity index is 737. The molecule has 2 rings (SSSR count). The van der Waals surface area contributed by atoms with Crippen LogP contribution >= 0.6 is 0 Å². The minimum absolute atomic E-state index is 0.000939. The van der Waals surface area contributed by atoms with Crippen molar-refractivity contribution in [3.05, 3.63) is 54.6 Å². The molecule has 2 aromatic carbocycles. The van der Waals surface area contributed by atoms with Gasteiger partial charge in [-0.25, -0.2) is 9.59 Å². The number of hydrogen-bond donors (Lipinski definition) is 2. The van der Waals surface area contributed by atoms with Crippen LogP contribution in [0.3, 0.4) is 0 Å². The lowest BCUT2D eigenvalue weighted by Gasteiger charge is -2.12. The highest BCUT2D eigenvalue weighted by Gasteiger charge is 2.17. The van der Waals surface area contributed by atoms with E-state index in [9.17, 15) is 19.8 Å². The summed E-state index contributed by atoms with van der Waals surface area (Å²) >= 11 is 0. The molecule has 0 fully saturated rings. The molecule has 6 nitrogen and oxygen atoms in total. The van der Waals surface area contributed by atoms with Crippen molar-refractivity contribution in [3.63, 3.8) is 0 Å². The first-order chi connectivity index (χ1) is 11.0. The number of esters is 2. The average Bonchev–Trinajstić information content (AvgIpc) is 2.58. The molecule has 1 unspecified atom stereocenters. The lowest BCUT2D eigenvalue weighted by molar-refractivity contribution is -0.141. The van der Waals surface area contributed by atoms with Crippen molar-refractivity contribution >= 4 is 22.7 Å². The molecule has 0 amide bonds. The molecule has 0 aliphatic rings. The molecule has 0 aliphatic heterocycles. The summed E-state index contributed by atoms with van der Waals surface area (Å²) in [7, 11) is 0. The van der Waals surface area contributed by atoms with Crippen molar-refractivity contribution in [1.82, 2.24) is 0 Å². The molecule has 6 heteroatoms. The molecular formula is C17H16O6. The quantitative estimate of drug-likeness (QED) is 0.623. The number of aromatic hydroxyl groups is 1. The van der Waals surface area contributed by atoms with E-state index in [1.807, 2.05) is 12.1 Å². The van der Waals surface area contributed by atoms with Gasteiger partial charge in [-0.15, -0.1) is 0 Å². The predicted octanol–water partition coefficient (Wildman–Crippen LogP) is 1.79. The molecule has 1 atom stereocenters. The standard InChI is InChI=1S/C17H16O6/c1-2-15(19)22-9-12(18)10-23-17(21)14-8-7-11-5-3-4-6-13(11)16(14)20/h2-8,12,18,20H,1,9-10H2. The first-order valence-electron chi connectivity index (χ1n) is 6.88. The first kappa shape index (κ1) is 16.5. The van der Waals surface area contributed by atoms with E-state index >= 15 is 0 Å². The Balaban J connectivity index is 2.00. The summed E-state index contributed by atoms with van der Waals surface area (Å²) in [4.78, 5) is 22.8. The fraction of sp³-hybridized carbons (Fsp3) is 0.176. The normalized spacial score (nSPS) is 11.7. The zero-order chi connectivity index (χ0) is 16.8. The second-order valence-corrected chi connectivity index (χ2v) is 4.77. The number of phenols is 1. The van der Waals surface area contributed by atoms with Gasteiger partial charge in [-0.1, -0.05) is 36.9 Å². The van der Waals surface area contributed by atoms with Crippen LogP contribution in [0.25, 0.3) is 10.8 Å². The number of fused-ring (bicyclic) bond motifs is 1. The second kappa shape index (κ2) is 7.42. The van der Waals surface area contributed by atoms with Gasteiger partial charge in [-0.05, 0) is 11.5 Å². The molecule has 0 aliphatic carbocycles. The van der Waals surface area contributed by atoms with Gasteiger partial charge in [0.25, 0.3) is 0 Å². The Kier molecular flexibility index (Phi) is 5.32. The van der Waals surface area contributed by atoms with E-state index in [0.29, 0.717) is 5.39 Å². The van der Waals surface area contributed by atoms with Gasteiger partial charge in [0, 0.05) is 11.5 Å². The highest BCUT2D eigenvalue weighted by atomic mass is 16.6. The largest absolute Gasteiger partial charge is 0.506 e. The summed E-state index contributed by atoms with van der Waals surface area (Å²) in [5.74, 6) is -1.63. The highest BCUT2D eigenvalue weighted by Crippen LogP contribution is 2.28. The lowest BCUT2D eigenvalue weighted by atomic mass is 10.1. The third-order valence-corrected chi connectivity index (χ3v) is 3.11. The molecule has 120 valence electrons. The maximum atomic E-state index is 12.0. The van der Waals surface area contributed by atoms with Crippen LogP contribution in [-0.4, -0.2) is 41.5 Å². The van der Waals surface area contributed by atoms with Gasteiger partial charge < -0.3 is 19.7 Å². The van der Waals surface area contributed by atoms with E-state index in [0.717, 1.165) is 11.5 Å². The number of rotatable bonds is 6. The van der Waals surface area contributed by atoms with Crippen LogP contribution in [-0.2, 0) is 14.3 Å². The Morgan fingerprint density at radius 3 is 2.57 bits per heavy atom. The minimum atomic E-state index is -1.16. The summed E-state index contributed by atoms with van der Waals surface area (Å²) in [5.41, 5.74) is -0.000939. The number of hydrogen-bond acceptors (Lipinski definition) is 6. The van der Waals surface area contributed by atoms with Crippen LogP contribution in [0.5, 0.6) is 5.75 Å². The van der Waals surface area contributed by atoms with Gasteiger partial charge in [0.2, 0.25) is 0 Å². The molecule has 2 aromatic rings. The van der Waals surface area contributed by atoms with Crippen LogP contribution in [0.1, 0.15) is 10.4 Å². The van der Waals surface area contributed by atoms with Crippen LogP contribution in [0.4, 0.5) is 0 Å². The Morgan fingerprint density at radius 1 is 1.13 bits per heavy atom. The molecule has 2 N–H and O–H groups in total. The molecule has 23 heavy (non-hydrogen) atoms. The van der Waals surface area contributed by atoms with E-state index < -0.39 is 18.0 Å². The molecule has 0 saturated heterocycles. The SMILES string of the molecule is C=CC(=O)OCC(O)COC(=O)c1ccc2ccccc2c1O. The van der Waals surface area contributed by atoms with E-state index in [1.54, 1.807) is 18.2 Å². The molecular weight excluding hydrogens is 300 g/mol. The third-order valence-electron chi connectivity index (χ3n) is 3.11. The maximum Gasteiger partial charge on any atom is 0.342 e. The molecule has 0 saturated carbocycles. The van der Waals surface area contributed by atoms with Gasteiger partial charge in [-0.3, -0.25) is 0 Å². The zero-order valence-electron chi connectivity index (χ0n) is 12.3. The van der Waals surface area contributed by atoms with E-state index in [1.165, 1.54) is 6.07 Å². The number of carbonyl (C=O) groups is 2. The van der Waals surface area contributed by atoms with Crippen LogP contribution < -0.4 is 0 Å². The van der Waals surface area contributed by atoms with E-state index in [4.69, 9.17) is 4.74 Å². The van der Waals surface area contributed by atoms with Gasteiger partial charge in [0.05, 0.1) is 0 Å². The number of aliphatic hydroxyl groups excluding tert-OH is 1. The number of carbonyl (C=O) groups excluding carboxylic acids is 2. The van der Waals surface area contributed by atoms with Gasteiger partial charge >= 0.3 is 11.9 Å². The second-order valence-electron chi connectivity index (χ2n) is 4.77. The van der Waals surface area contributed by atoms with Crippen molar-refractivity contribution in [2.75, 3.05) is 13.2 Å². The number of ether oxygens (including phenoxy) is 2. The van der Waals surface area contributed by atoms with Crippen molar-refractivity contribution in [1.29, 1.82) is 0 Å². The van der Waals surface area contributed by atoms with Gasteiger partial charge in [0.15, 0.2) is 0 Å². The molecule has 0 spiro atoms. The van der Waals surface area contributed by atoms with Crippen molar-refractivity contribution in [3.8, 4) is 5.75 Å². The van der Waals surface area contributed by atoms with Crippen LogP contribution in [0.2, 0.25) is 0 Å². The summed E-state index contributed by atoms with van der Waals surface area (Å²) in [6.45, 7) is 2.53. The highest BCUT2D eigenvalue weighted by molar-refractivity contribution is 6.01. The molecule has 0 aromatic heterocycles. The number of aliphatic hydroxyl groups is 1. The molecule has 0 heterocycles. The van der Waals surface area contributed by atoms with Crippen molar-refractivity contribution in [2.45, 2.75) is 6.10 Å². The monoisotopic (exact) mass is 316 g/mol. The van der Waals surface area contributed by atoms with Crippen LogP contribution in [0.15, 0.2) is 49.1 Å². The topological polar surface area (TPSA) is 93.1 Å². The fourth-order valence-corrected chi connectivity index (χ4v) is 1.95. The van der Waals surface area contributed by atoms with Crippen molar-refractivity contribution in [2.24, 2.45) is 0 Å². The Morgan fingerprint density at radius 2 is 1.83 bits per heavy atom. The smallest absolute Gasteiger partial charge is 0.342 e. The molecule has 0 radical (unpaired) electrons. The average molecular weight is 316 g/mol. The van der Waals surface area contributed by atoms with Crippen molar-refractivity contribution < 1.29 is 29.3 Å². The Hall–Kier alpha value is -2.86. The zero-order valence-corrected chi connectivity index (χ0v) is 12.3. The summed E-state index contributed by atoms with van der Waals surface area (Å²) in [6.07, 6.45) is -0.197. The molecule has 0 bridgehead atoms. The van der Waals surface area contributed by atoms with Gasteiger partial charge in [-0.2, -0.15) is 0 Å². The van der Waals surface area contributed by atoms with E-state index in [2.05, 4.69) is 11.3 Å². The van der Waals surface area contributed by atoms with Gasteiger partial charge in [0.1, 0.15) is 30.6 Å². The van der Waals surface area contributed by atoms with Crippen LogP contribution in [0, 0.1) is 0 Å². The summed E-state index contributed by atoms with van der Waals surface area (Å²) < 4.78 is 9.54.